The van der Waals surface area contributed by atoms with Gasteiger partial charge < -0.3 is 18.9 Å². The largest absolute Gasteiger partial charge is 0.467 e. The average Bonchev–Trinajstić information content (AvgIpc) is 2.64. The summed E-state index contributed by atoms with van der Waals surface area (Å²) in [7, 11) is 2.92. The first-order valence-electron chi connectivity index (χ1n) is 5.29. The molecule has 1 heterocycles. The van der Waals surface area contributed by atoms with Crippen LogP contribution in [0.4, 0.5) is 5.69 Å². The summed E-state index contributed by atoms with van der Waals surface area (Å²) in [4.78, 5) is 13.3. The first kappa shape index (κ1) is 13.5. The maximum absolute atomic E-state index is 11.6. The number of anilines is 1. The second-order valence-electron chi connectivity index (χ2n) is 3.76. The summed E-state index contributed by atoms with van der Waals surface area (Å²) in [5.41, 5.74) is 1.49. The summed E-state index contributed by atoms with van der Waals surface area (Å²) in [6.45, 7) is 5.62. The Hall–Kier alpha value is -1.56. The molecule has 0 radical (unpaired) electrons. The minimum absolute atomic E-state index is 0.263. The van der Waals surface area contributed by atoms with Crippen LogP contribution in [0.15, 0.2) is 4.52 Å². The highest BCUT2D eigenvalue weighted by molar-refractivity contribution is 5.80. The summed E-state index contributed by atoms with van der Waals surface area (Å²) < 4.78 is 14.9. The second-order valence-corrected chi connectivity index (χ2v) is 3.76. The molecule has 1 aromatic rings. The van der Waals surface area contributed by atoms with E-state index in [1.807, 2.05) is 6.92 Å². The molecular weight excluding hydrogens is 224 g/mol. The smallest absolute Gasteiger partial charge is 0.328 e. The fourth-order valence-electron chi connectivity index (χ4n) is 1.70. The molecule has 0 bridgehead atoms. The normalized spacial score (nSPS) is 12.3. The first-order valence-corrected chi connectivity index (χ1v) is 5.29. The van der Waals surface area contributed by atoms with Gasteiger partial charge in [-0.3, -0.25) is 0 Å². The van der Waals surface area contributed by atoms with Crippen molar-refractivity contribution in [2.75, 3.05) is 25.9 Å². The van der Waals surface area contributed by atoms with Crippen molar-refractivity contribution in [3.8, 4) is 0 Å². The van der Waals surface area contributed by atoms with Crippen LogP contribution >= 0.6 is 0 Å². The van der Waals surface area contributed by atoms with E-state index in [1.54, 1.807) is 25.9 Å². The van der Waals surface area contributed by atoms with Crippen molar-refractivity contribution in [1.29, 1.82) is 0 Å². The number of ether oxygens (including phenoxy) is 2. The lowest BCUT2D eigenvalue weighted by molar-refractivity contribution is -0.142. The molecule has 0 unspecified atom stereocenters. The van der Waals surface area contributed by atoms with E-state index in [4.69, 9.17) is 14.0 Å². The molecule has 0 amide bonds. The van der Waals surface area contributed by atoms with E-state index in [0.29, 0.717) is 5.76 Å². The van der Waals surface area contributed by atoms with Gasteiger partial charge in [0, 0.05) is 7.11 Å². The van der Waals surface area contributed by atoms with Crippen LogP contribution in [0.1, 0.15) is 18.4 Å². The lowest BCUT2D eigenvalue weighted by Crippen LogP contribution is -2.41. The van der Waals surface area contributed by atoms with E-state index >= 15 is 0 Å². The SMILES string of the molecule is COCN(c1c(C)noc1C)[C@@H](C)C(=O)OC. The predicted molar refractivity (Wildman–Crippen MR) is 61.8 cm³/mol. The molecule has 1 atom stereocenters. The number of hydrogen-bond acceptors (Lipinski definition) is 6. The van der Waals surface area contributed by atoms with Crippen molar-refractivity contribution in [3.63, 3.8) is 0 Å². The maximum atomic E-state index is 11.6. The van der Waals surface area contributed by atoms with Crippen LogP contribution in [0.5, 0.6) is 0 Å². The molecule has 6 heteroatoms. The molecule has 1 aromatic heterocycles. The Morgan fingerprint density at radius 3 is 2.53 bits per heavy atom. The maximum Gasteiger partial charge on any atom is 0.328 e. The molecule has 0 saturated heterocycles. The third kappa shape index (κ3) is 2.76. The zero-order valence-electron chi connectivity index (χ0n) is 10.8. The molecule has 0 aromatic carbocycles. The van der Waals surface area contributed by atoms with Crippen molar-refractivity contribution in [2.45, 2.75) is 26.8 Å². The fourth-order valence-corrected chi connectivity index (χ4v) is 1.70. The summed E-state index contributed by atoms with van der Waals surface area (Å²) in [5, 5.41) is 3.86. The van der Waals surface area contributed by atoms with Gasteiger partial charge in [-0.1, -0.05) is 5.16 Å². The molecule has 0 N–H and O–H groups in total. The zero-order valence-corrected chi connectivity index (χ0v) is 10.8. The van der Waals surface area contributed by atoms with E-state index in [1.165, 1.54) is 7.11 Å². The van der Waals surface area contributed by atoms with Crippen molar-refractivity contribution >= 4 is 11.7 Å². The molecular formula is C11H18N2O4. The Kier molecular flexibility index (Phi) is 4.51. The average molecular weight is 242 g/mol. The summed E-state index contributed by atoms with van der Waals surface area (Å²) in [6.07, 6.45) is 0. The number of carbonyl (C=O) groups excluding carboxylic acids is 1. The van der Waals surface area contributed by atoms with Gasteiger partial charge in [0.1, 0.15) is 24.2 Å². The molecule has 1 rings (SSSR count). The topological polar surface area (TPSA) is 64.8 Å². The van der Waals surface area contributed by atoms with Crippen molar-refractivity contribution in [2.24, 2.45) is 0 Å². The van der Waals surface area contributed by atoms with Gasteiger partial charge in [0.25, 0.3) is 0 Å². The molecule has 0 spiro atoms. The molecule has 0 aliphatic carbocycles. The monoisotopic (exact) mass is 242 g/mol. The summed E-state index contributed by atoms with van der Waals surface area (Å²) in [5.74, 6) is 0.317. The Labute approximate surface area is 100 Å². The van der Waals surface area contributed by atoms with E-state index in [0.717, 1.165) is 11.4 Å². The number of aryl methyl sites for hydroxylation is 2. The highest BCUT2D eigenvalue weighted by Gasteiger charge is 2.27. The van der Waals surface area contributed by atoms with Crippen LogP contribution in [0.25, 0.3) is 0 Å². The van der Waals surface area contributed by atoms with Crippen LogP contribution in [-0.2, 0) is 14.3 Å². The third-order valence-electron chi connectivity index (χ3n) is 2.56. The highest BCUT2D eigenvalue weighted by atomic mass is 16.5. The Morgan fingerprint density at radius 1 is 1.47 bits per heavy atom. The Balaban J connectivity index is 3.05. The number of aromatic nitrogens is 1. The van der Waals surface area contributed by atoms with Crippen LogP contribution in [-0.4, -0.2) is 38.1 Å². The van der Waals surface area contributed by atoms with Gasteiger partial charge in [-0.05, 0) is 20.8 Å². The number of hydrogen-bond donors (Lipinski definition) is 0. The van der Waals surface area contributed by atoms with Gasteiger partial charge in [-0.15, -0.1) is 0 Å². The van der Waals surface area contributed by atoms with Gasteiger partial charge >= 0.3 is 5.97 Å². The first-order chi connectivity index (χ1) is 8.02. The summed E-state index contributed by atoms with van der Waals surface area (Å²) >= 11 is 0. The standard InChI is InChI=1S/C11H18N2O4/c1-7-10(9(3)17-12-7)13(6-15-4)8(2)11(14)16-5/h8H,6H2,1-5H3/t8-/m0/s1. The van der Waals surface area contributed by atoms with Crippen molar-refractivity contribution in [1.82, 2.24) is 5.16 Å². The van der Waals surface area contributed by atoms with Crippen LogP contribution < -0.4 is 4.90 Å². The van der Waals surface area contributed by atoms with E-state index in [2.05, 4.69) is 5.16 Å². The molecule has 0 fully saturated rings. The van der Waals surface area contributed by atoms with Crippen LogP contribution in [0.2, 0.25) is 0 Å². The highest BCUT2D eigenvalue weighted by Crippen LogP contribution is 2.26. The van der Waals surface area contributed by atoms with Crippen LogP contribution in [0, 0.1) is 13.8 Å². The number of esters is 1. The fraction of sp³-hybridized carbons (Fsp3) is 0.636. The van der Waals surface area contributed by atoms with Gasteiger partial charge in [0.2, 0.25) is 0 Å². The third-order valence-corrected chi connectivity index (χ3v) is 2.56. The van der Waals surface area contributed by atoms with E-state index in [9.17, 15) is 4.79 Å². The van der Waals surface area contributed by atoms with Crippen molar-refractivity contribution in [3.05, 3.63) is 11.5 Å². The van der Waals surface area contributed by atoms with Crippen molar-refractivity contribution < 1.29 is 18.8 Å². The molecule has 6 nitrogen and oxygen atoms in total. The van der Waals surface area contributed by atoms with Gasteiger partial charge in [-0.25, -0.2) is 4.79 Å². The molecule has 0 aliphatic heterocycles. The molecule has 0 saturated carbocycles. The Bertz CT molecular complexity index is 369. The minimum Gasteiger partial charge on any atom is -0.467 e. The van der Waals surface area contributed by atoms with Gasteiger partial charge in [0.05, 0.1) is 7.11 Å². The number of methoxy groups -OCH3 is 2. The number of carbonyl (C=O) groups is 1. The lowest BCUT2D eigenvalue weighted by atomic mass is 10.2. The Morgan fingerprint density at radius 2 is 2.12 bits per heavy atom. The van der Waals surface area contributed by atoms with Gasteiger partial charge in [-0.2, -0.15) is 0 Å². The van der Waals surface area contributed by atoms with Crippen LogP contribution in [0.3, 0.4) is 0 Å². The number of nitrogens with zero attached hydrogens (tertiary/aromatic N) is 2. The minimum atomic E-state index is -0.461. The predicted octanol–water partition coefficient (Wildman–Crippen LogP) is 1.26. The van der Waals surface area contributed by atoms with E-state index < -0.39 is 6.04 Å². The molecule has 17 heavy (non-hydrogen) atoms. The number of rotatable bonds is 5. The molecule has 0 aliphatic rings. The molecule has 96 valence electrons. The second kappa shape index (κ2) is 5.67. The van der Waals surface area contributed by atoms with Gasteiger partial charge in [0.15, 0.2) is 5.76 Å². The zero-order chi connectivity index (χ0) is 13.0. The van der Waals surface area contributed by atoms with E-state index in [-0.39, 0.29) is 12.7 Å². The lowest BCUT2D eigenvalue weighted by Gasteiger charge is -2.27. The summed E-state index contributed by atoms with van der Waals surface area (Å²) in [6, 6.07) is -0.461. The quantitative estimate of drug-likeness (QED) is 0.572.